The molecule has 112 valence electrons. The Kier molecular flexibility index (Phi) is 4.07. The zero-order chi connectivity index (χ0) is 15.1. The van der Waals surface area contributed by atoms with Gasteiger partial charge in [0.15, 0.2) is 0 Å². The highest BCUT2D eigenvalue weighted by molar-refractivity contribution is 7.89. The fourth-order valence-electron chi connectivity index (χ4n) is 2.81. The third-order valence-corrected chi connectivity index (χ3v) is 5.62. The van der Waals surface area contributed by atoms with E-state index in [9.17, 15) is 12.8 Å². The monoisotopic (exact) mass is 300 g/mol. The normalized spacial score (nSPS) is 24.8. The predicted molar refractivity (Wildman–Crippen MR) is 77.3 cm³/mol. The van der Waals surface area contributed by atoms with Crippen LogP contribution in [-0.4, -0.2) is 25.8 Å². The van der Waals surface area contributed by atoms with E-state index in [0.717, 1.165) is 6.42 Å². The van der Waals surface area contributed by atoms with Crippen molar-refractivity contribution in [1.29, 1.82) is 0 Å². The first kappa shape index (κ1) is 15.3. The van der Waals surface area contributed by atoms with Gasteiger partial charge in [-0.15, -0.1) is 0 Å². The number of rotatable bonds is 2. The lowest BCUT2D eigenvalue weighted by molar-refractivity contribution is 0.222. The van der Waals surface area contributed by atoms with E-state index >= 15 is 0 Å². The minimum absolute atomic E-state index is 0.277. The molecule has 0 saturated carbocycles. The summed E-state index contributed by atoms with van der Waals surface area (Å²) in [6, 6.07) is 2.41. The summed E-state index contributed by atoms with van der Waals surface area (Å²) >= 11 is 0. The topological polar surface area (TPSA) is 63.4 Å². The molecule has 0 aromatic heterocycles. The van der Waals surface area contributed by atoms with Gasteiger partial charge in [0.25, 0.3) is 0 Å². The van der Waals surface area contributed by atoms with Crippen molar-refractivity contribution in [3.63, 3.8) is 0 Å². The second-order valence-electron chi connectivity index (χ2n) is 5.91. The van der Waals surface area contributed by atoms with Gasteiger partial charge in [0.05, 0.1) is 0 Å². The molecule has 1 aromatic rings. The van der Waals surface area contributed by atoms with Gasteiger partial charge in [0.1, 0.15) is 10.7 Å². The van der Waals surface area contributed by atoms with Gasteiger partial charge in [-0.25, -0.2) is 12.8 Å². The van der Waals surface area contributed by atoms with Crippen LogP contribution in [0.1, 0.15) is 25.8 Å². The van der Waals surface area contributed by atoms with Crippen LogP contribution in [0.15, 0.2) is 17.0 Å². The Morgan fingerprint density at radius 3 is 2.35 bits per heavy atom. The summed E-state index contributed by atoms with van der Waals surface area (Å²) in [5, 5.41) is 0. The summed E-state index contributed by atoms with van der Waals surface area (Å²) in [5.41, 5.74) is 6.56. The van der Waals surface area contributed by atoms with Crippen molar-refractivity contribution in [2.45, 2.75) is 32.1 Å². The lowest BCUT2D eigenvalue weighted by Crippen LogP contribution is -2.42. The van der Waals surface area contributed by atoms with Gasteiger partial charge in [-0.2, -0.15) is 4.31 Å². The minimum atomic E-state index is -3.82. The highest BCUT2D eigenvalue weighted by Gasteiger charge is 2.33. The van der Waals surface area contributed by atoms with E-state index < -0.39 is 15.8 Å². The summed E-state index contributed by atoms with van der Waals surface area (Å²) in [5.74, 6) is -0.179. The molecule has 6 heteroatoms. The number of halogens is 1. The molecular formula is C14H21FN2O2S. The molecule has 1 fully saturated rings. The van der Waals surface area contributed by atoms with Crippen LogP contribution >= 0.6 is 0 Å². The average molecular weight is 300 g/mol. The molecule has 20 heavy (non-hydrogen) atoms. The summed E-state index contributed by atoms with van der Waals surface area (Å²) in [6.07, 6.45) is 0.991. The predicted octanol–water partition coefficient (Wildman–Crippen LogP) is 2.38. The average Bonchev–Trinajstić information content (AvgIpc) is 2.32. The maximum Gasteiger partial charge on any atom is 0.246 e. The fourth-order valence-corrected chi connectivity index (χ4v) is 4.57. The number of sulfonamides is 1. The molecule has 0 amide bonds. The molecule has 1 saturated heterocycles. The second kappa shape index (κ2) is 5.33. The molecule has 1 aromatic carbocycles. The Balaban J connectivity index is 2.42. The number of benzene rings is 1. The van der Waals surface area contributed by atoms with Gasteiger partial charge < -0.3 is 5.73 Å². The van der Waals surface area contributed by atoms with Crippen molar-refractivity contribution in [1.82, 2.24) is 4.31 Å². The van der Waals surface area contributed by atoms with Gasteiger partial charge >= 0.3 is 0 Å². The fraction of sp³-hybridized carbons (Fsp3) is 0.571. The molecule has 0 spiro atoms. The van der Waals surface area contributed by atoms with Crippen molar-refractivity contribution >= 4 is 15.7 Å². The van der Waals surface area contributed by atoms with Crippen LogP contribution in [0.3, 0.4) is 0 Å². The molecule has 2 atom stereocenters. The summed E-state index contributed by atoms with van der Waals surface area (Å²) in [6.45, 7) is 6.54. The molecule has 0 aliphatic carbocycles. The molecule has 2 N–H and O–H groups in total. The van der Waals surface area contributed by atoms with Crippen LogP contribution in [0, 0.1) is 24.6 Å². The van der Waals surface area contributed by atoms with Crippen LogP contribution in [0.2, 0.25) is 0 Å². The Morgan fingerprint density at radius 1 is 1.25 bits per heavy atom. The molecule has 2 unspecified atom stereocenters. The Bertz CT molecular complexity index is 606. The highest BCUT2D eigenvalue weighted by Crippen LogP contribution is 2.29. The van der Waals surface area contributed by atoms with Gasteiger partial charge in [-0.05, 0) is 42.9 Å². The lowest BCUT2D eigenvalue weighted by atomic mass is 9.94. The van der Waals surface area contributed by atoms with Crippen molar-refractivity contribution in [2.24, 2.45) is 11.8 Å². The third kappa shape index (κ3) is 2.81. The summed E-state index contributed by atoms with van der Waals surface area (Å²) in [7, 11) is -3.82. The van der Waals surface area contributed by atoms with E-state index in [1.165, 1.54) is 16.4 Å². The third-order valence-electron chi connectivity index (χ3n) is 3.77. The molecule has 0 radical (unpaired) electrons. The van der Waals surface area contributed by atoms with Crippen LogP contribution in [0.4, 0.5) is 10.1 Å². The number of hydrogen-bond acceptors (Lipinski definition) is 3. The maximum atomic E-state index is 14.0. The molecule has 1 aliphatic heterocycles. The zero-order valence-corrected chi connectivity index (χ0v) is 12.9. The summed E-state index contributed by atoms with van der Waals surface area (Å²) in [4.78, 5) is -0.318. The van der Waals surface area contributed by atoms with Gasteiger partial charge in [-0.3, -0.25) is 0 Å². The van der Waals surface area contributed by atoms with Crippen molar-refractivity contribution in [2.75, 3.05) is 18.8 Å². The van der Waals surface area contributed by atoms with E-state index in [2.05, 4.69) is 0 Å². The van der Waals surface area contributed by atoms with E-state index in [1.807, 2.05) is 13.8 Å². The number of nitrogens with two attached hydrogens (primary N) is 1. The Morgan fingerprint density at radius 2 is 1.80 bits per heavy atom. The van der Waals surface area contributed by atoms with Crippen LogP contribution < -0.4 is 5.73 Å². The molecular weight excluding hydrogens is 279 g/mol. The Labute approximate surface area is 119 Å². The largest absolute Gasteiger partial charge is 0.398 e. The van der Waals surface area contributed by atoms with Gasteiger partial charge in [-0.1, -0.05) is 13.8 Å². The molecule has 2 rings (SSSR count). The minimum Gasteiger partial charge on any atom is -0.398 e. The van der Waals surface area contributed by atoms with Crippen LogP contribution in [-0.2, 0) is 10.0 Å². The quantitative estimate of drug-likeness (QED) is 0.853. The number of anilines is 1. The van der Waals surface area contributed by atoms with E-state index in [-0.39, 0.29) is 16.7 Å². The standard InChI is InChI=1S/C14H21FN2O2S/c1-9-4-10(2)8-17(7-9)20(18,19)14-6-13(16)11(3)5-12(14)15/h5-6,9-10H,4,7-8,16H2,1-3H3. The van der Waals surface area contributed by atoms with Crippen molar-refractivity contribution in [3.05, 3.63) is 23.5 Å². The van der Waals surface area contributed by atoms with Crippen LogP contribution in [0.25, 0.3) is 0 Å². The number of nitrogen functional groups attached to an aromatic ring is 1. The maximum absolute atomic E-state index is 14.0. The first-order valence-corrected chi connectivity index (χ1v) is 8.21. The lowest BCUT2D eigenvalue weighted by Gasteiger charge is -2.34. The van der Waals surface area contributed by atoms with Crippen LogP contribution in [0.5, 0.6) is 0 Å². The number of aryl methyl sites for hydroxylation is 1. The first-order valence-electron chi connectivity index (χ1n) is 6.77. The van der Waals surface area contributed by atoms with E-state index in [1.54, 1.807) is 6.92 Å². The summed E-state index contributed by atoms with van der Waals surface area (Å²) < 4.78 is 40.6. The van der Waals surface area contributed by atoms with Gasteiger partial charge in [0.2, 0.25) is 10.0 Å². The smallest absolute Gasteiger partial charge is 0.246 e. The SMILES string of the molecule is Cc1cc(F)c(S(=O)(=O)N2CC(C)CC(C)C2)cc1N. The van der Waals surface area contributed by atoms with Crippen molar-refractivity contribution < 1.29 is 12.8 Å². The molecule has 0 bridgehead atoms. The van der Waals surface area contributed by atoms with Crippen molar-refractivity contribution in [3.8, 4) is 0 Å². The zero-order valence-electron chi connectivity index (χ0n) is 12.1. The first-order chi connectivity index (χ1) is 9.21. The number of nitrogens with zero attached hydrogens (tertiary/aromatic N) is 1. The van der Waals surface area contributed by atoms with Gasteiger partial charge in [0, 0.05) is 18.8 Å². The highest BCUT2D eigenvalue weighted by atomic mass is 32.2. The number of hydrogen-bond donors (Lipinski definition) is 1. The van der Waals surface area contributed by atoms with E-state index in [4.69, 9.17) is 5.73 Å². The molecule has 4 nitrogen and oxygen atoms in total. The molecule has 1 aliphatic rings. The van der Waals surface area contributed by atoms with E-state index in [0.29, 0.717) is 24.3 Å². The second-order valence-corrected chi connectivity index (χ2v) is 7.81. The number of piperidine rings is 1. The Hall–Kier alpha value is -1.14. The molecule has 1 heterocycles.